The molecule has 1 amide bonds. The molecule has 0 aromatic heterocycles. The number of hydrogen-bond acceptors (Lipinski definition) is 5. The normalized spacial score (nSPS) is 15.0. The highest BCUT2D eigenvalue weighted by Crippen LogP contribution is 2.29. The van der Waals surface area contributed by atoms with E-state index in [0.29, 0.717) is 42.4 Å². The summed E-state index contributed by atoms with van der Waals surface area (Å²) >= 11 is 0. The minimum atomic E-state index is -0.485. The third-order valence-corrected chi connectivity index (χ3v) is 7.45. The summed E-state index contributed by atoms with van der Waals surface area (Å²) in [7, 11) is 0. The monoisotopic (exact) mass is 590 g/mol. The number of aryl methyl sites for hydroxylation is 1. The third kappa shape index (κ3) is 7.88. The van der Waals surface area contributed by atoms with Crippen LogP contribution in [0.25, 0.3) is 22.2 Å². The standard InChI is InChI=1S/C35H35FN6O2/c1-25-13-16-28(17-14-25)32-24-42-34(30(39-32)22-26-11-7-6-8-12-26)40-31(35(42)43)23-27-15-18-33(29(36)21-27)44-20-10-5-3-2-4-9-19-38-41-37/h6-8,11-18,21,23-24H,2-5,9-10,19-20,22H2,1H3/b31-23-. The van der Waals surface area contributed by atoms with Gasteiger partial charge in [-0.25, -0.2) is 14.4 Å². The maximum Gasteiger partial charge on any atom is 0.282 e. The number of halogens is 1. The lowest BCUT2D eigenvalue weighted by atomic mass is 10.0. The average Bonchev–Trinajstić information content (AvgIpc) is 3.34. The number of carbonyl (C=O) groups is 1. The van der Waals surface area contributed by atoms with Gasteiger partial charge >= 0.3 is 0 Å². The van der Waals surface area contributed by atoms with Crippen LogP contribution in [-0.4, -0.2) is 35.5 Å². The van der Waals surface area contributed by atoms with E-state index in [1.807, 2.05) is 61.5 Å². The summed E-state index contributed by atoms with van der Waals surface area (Å²) in [5.41, 5.74) is 13.5. The minimum Gasteiger partial charge on any atom is -0.491 e. The average molecular weight is 591 g/mol. The molecule has 8 nitrogen and oxygen atoms in total. The zero-order valence-corrected chi connectivity index (χ0v) is 24.8. The lowest BCUT2D eigenvalue weighted by molar-refractivity contribution is -0.120. The zero-order valence-electron chi connectivity index (χ0n) is 24.8. The SMILES string of the molecule is Cc1ccc(C2=CN3C(=O)/C(=C/c4ccc(OCCCCCCCCN=[N+]=[N-])c(F)c4)N=C3C(Cc3ccccc3)=N2)cc1. The molecule has 0 saturated heterocycles. The van der Waals surface area contributed by atoms with Crippen LogP contribution in [0.3, 0.4) is 0 Å². The first-order valence-corrected chi connectivity index (χ1v) is 15.0. The van der Waals surface area contributed by atoms with Crippen molar-refractivity contribution in [2.75, 3.05) is 13.2 Å². The Kier molecular flexibility index (Phi) is 10.3. The van der Waals surface area contributed by atoms with Crippen LogP contribution in [0.1, 0.15) is 60.8 Å². The number of fused-ring (bicyclic) bond motifs is 1. The quantitative estimate of drug-likeness (QED) is 0.0618. The highest BCUT2D eigenvalue weighted by Gasteiger charge is 2.35. The number of hydrogen-bond donors (Lipinski definition) is 0. The highest BCUT2D eigenvalue weighted by molar-refractivity contribution is 6.48. The van der Waals surface area contributed by atoms with E-state index in [9.17, 15) is 9.18 Å². The van der Waals surface area contributed by atoms with Crippen LogP contribution in [-0.2, 0) is 11.2 Å². The van der Waals surface area contributed by atoms with Gasteiger partial charge in [-0.1, -0.05) is 97.0 Å². The number of azide groups is 1. The molecule has 0 N–H and O–H groups in total. The molecule has 0 unspecified atom stereocenters. The van der Waals surface area contributed by atoms with Crippen LogP contribution in [0.4, 0.5) is 4.39 Å². The Morgan fingerprint density at radius 3 is 2.45 bits per heavy atom. The minimum absolute atomic E-state index is 0.186. The largest absolute Gasteiger partial charge is 0.491 e. The van der Waals surface area contributed by atoms with Crippen molar-refractivity contribution in [2.24, 2.45) is 15.1 Å². The summed E-state index contributed by atoms with van der Waals surface area (Å²) in [5, 5.41) is 3.54. The molecule has 224 valence electrons. The van der Waals surface area contributed by atoms with Crippen molar-refractivity contribution in [3.8, 4) is 5.75 Å². The van der Waals surface area contributed by atoms with E-state index >= 15 is 0 Å². The fraction of sp³-hybridized carbons (Fsp3) is 0.286. The predicted octanol–water partition coefficient (Wildman–Crippen LogP) is 8.44. The number of carbonyl (C=O) groups excluding carboxylic acids is 1. The summed E-state index contributed by atoms with van der Waals surface area (Å²) in [5.74, 6) is -0.104. The Balaban J connectivity index is 1.26. The van der Waals surface area contributed by atoms with Crippen molar-refractivity contribution in [1.82, 2.24) is 4.90 Å². The van der Waals surface area contributed by atoms with E-state index < -0.39 is 5.82 Å². The molecule has 3 aromatic carbocycles. The summed E-state index contributed by atoms with van der Waals surface area (Å²) in [6.45, 7) is 3.00. The maximum absolute atomic E-state index is 14.9. The van der Waals surface area contributed by atoms with Crippen LogP contribution in [0.2, 0.25) is 0 Å². The first-order chi connectivity index (χ1) is 21.5. The summed E-state index contributed by atoms with van der Waals surface area (Å²) in [4.78, 5) is 27.4. The second kappa shape index (κ2) is 14.9. The number of unbranched alkanes of at least 4 members (excludes halogenated alkanes) is 5. The molecule has 0 radical (unpaired) electrons. The number of aliphatic imine (C=N–C) groups is 2. The number of ether oxygens (including phenoxy) is 1. The van der Waals surface area contributed by atoms with Crippen LogP contribution in [0, 0.1) is 12.7 Å². The van der Waals surface area contributed by atoms with E-state index in [0.717, 1.165) is 55.2 Å². The van der Waals surface area contributed by atoms with Crippen LogP contribution in [0.15, 0.2) is 99.8 Å². The Hall–Kier alpha value is -5.01. The summed E-state index contributed by atoms with van der Waals surface area (Å²) in [6, 6.07) is 22.7. The molecule has 2 aliphatic heterocycles. The van der Waals surface area contributed by atoms with Crippen molar-refractivity contribution in [1.29, 1.82) is 0 Å². The van der Waals surface area contributed by atoms with Gasteiger partial charge in [0.05, 0.1) is 18.0 Å². The van der Waals surface area contributed by atoms with Crippen LogP contribution < -0.4 is 4.74 Å². The second-order valence-corrected chi connectivity index (χ2v) is 10.9. The molecule has 2 heterocycles. The van der Waals surface area contributed by atoms with Crippen molar-refractivity contribution in [3.05, 3.63) is 123 Å². The lowest BCUT2D eigenvalue weighted by Gasteiger charge is -2.22. The summed E-state index contributed by atoms with van der Waals surface area (Å²) < 4.78 is 20.6. The van der Waals surface area contributed by atoms with Crippen molar-refractivity contribution >= 4 is 29.2 Å². The molecule has 9 heteroatoms. The molecule has 2 aliphatic rings. The van der Waals surface area contributed by atoms with Gasteiger partial charge in [0.1, 0.15) is 5.70 Å². The number of nitrogens with zero attached hydrogens (tertiary/aromatic N) is 6. The van der Waals surface area contributed by atoms with Gasteiger partial charge < -0.3 is 4.74 Å². The molecule has 0 fully saturated rings. The van der Waals surface area contributed by atoms with E-state index in [1.165, 1.54) is 6.07 Å². The number of amides is 1. The van der Waals surface area contributed by atoms with Gasteiger partial charge in [-0.15, -0.1) is 0 Å². The molecule has 44 heavy (non-hydrogen) atoms. The van der Waals surface area contributed by atoms with Crippen molar-refractivity contribution in [2.45, 2.75) is 51.9 Å². The van der Waals surface area contributed by atoms with Gasteiger partial charge in [0, 0.05) is 29.6 Å². The van der Waals surface area contributed by atoms with Gasteiger partial charge in [-0.05, 0) is 54.6 Å². The first kappa shape index (κ1) is 30.4. The van der Waals surface area contributed by atoms with Crippen LogP contribution >= 0.6 is 0 Å². The van der Waals surface area contributed by atoms with E-state index in [4.69, 9.17) is 15.3 Å². The fourth-order valence-corrected chi connectivity index (χ4v) is 5.07. The Bertz CT molecular complexity index is 1650. The highest BCUT2D eigenvalue weighted by atomic mass is 19.1. The molecule has 3 aromatic rings. The molecular weight excluding hydrogens is 555 g/mol. The molecule has 0 saturated carbocycles. The van der Waals surface area contributed by atoms with Gasteiger partial charge in [-0.3, -0.25) is 9.69 Å². The van der Waals surface area contributed by atoms with Gasteiger partial charge in [-0.2, -0.15) is 0 Å². The second-order valence-electron chi connectivity index (χ2n) is 10.9. The topological polar surface area (TPSA) is 103 Å². The van der Waals surface area contributed by atoms with Crippen LogP contribution in [0.5, 0.6) is 5.75 Å². The number of rotatable bonds is 14. The van der Waals surface area contributed by atoms with Crippen molar-refractivity contribution in [3.63, 3.8) is 0 Å². The summed E-state index contributed by atoms with van der Waals surface area (Å²) in [6.07, 6.45) is 9.71. The molecular formula is C35H35FN6O2. The molecule has 0 atom stereocenters. The smallest absolute Gasteiger partial charge is 0.282 e. The molecule has 0 aliphatic carbocycles. The van der Waals surface area contributed by atoms with Gasteiger partial charge in [0.15, 0.2) is 17.4 Å². The predicted molar refractivity (Wildman–Crippen MR) is 173 cm³/mol. The van der Waals surface area contributed by atoms with E-state index in [2.05, 4.69) is 15.0 Å². The van der Waals surface area contributed by atoms with Gasteiger partial charge in [0.2, 0.25) is 0 Å². The zero-order chi connectivity index (χ0) is 30.7. The van der Waals surface area contributed by atoms with Gasteiger partial charge in [0.25, 0.3) is 5.91 Å². The molecule has 0 spiro atoms. The van der Waals surface area contributed by atoms with Crippen molar-refractivity contribution < 1.29 is 13.9 Å². The Labute approximate surface area is 256 Å². The maximum atomic E-state index is 14.9. The third-order valence-electron chi connectivity index (χ3n) is 7.45. The number of amidine groups is 1. The fourth-order valence-electron chi connectivity index (χ4n) is 5.07. The molecule has 5 rings (SSSR count). The Morgan fingerprint density at radius 1 is 0.955 bits per heavy atom. The molecule has 0 bridgehead atoms. The van der Waals surface area contributed by atoms with E-state index in [1.54, 1.807) is 29.3 Å². The first-order valence-electron chi connectivity index (χ1n) is 15.0. The number of benzene rings is 3. The van der Waals surface area contributed by atoms with E-state index in [-0.39, 0.29) is 17.4 Å². The lowest BCUT2D eigenvalue weighted by Crippen LogP contribution is -2.36. The Morgan fingerprint density at radius 2 is 1.70 bits per heavy atom.